The fraction of sp³-hybridized carbons (Fsp3) is 0.562. The standard InChI is InChI=1S/C16H20ClNO3/c17-11-3-4-13(14(18)9-11)15(19)21-12-5-8-20-16(10-12)6-1-2-7-16/h3-4,9,12H,1-2,5-8,10,18H2. The van der Waals surface area contributed by atoms with E-state index in [0.29, 0.717) is 22.9 Å². The van der Waals surface area contributed by atoms with Crippen LogP contribution in [-0.2, 0) is 9.47 Å². The van der Waals surface area contributed by atoms with Crippen LogP contribution in [0, 0.1) is 0 Å². The van der Waals surface area contributed by atoms with Crippen LogP contribution in [0.2, 0.25) is 5.02 Å². The number of ether oxygens (including phenoxy) is 2. The van der Waals surface area contributed by atoms with Crippen LogP contribution in [0.15, 0.2) is 18.2 Å². The fourth-order valence-corrected chi connectivity index (χ4v) is 3.57. The molecule has 5 heteroatoms. The average Bonchev–Trinajstić information content (AvgIpc) is 2.86. The van der Waals surface area contributed by atoms with Crippen LogP contribution >= 0.6 is 11.6 Å². The Labute approximate surface area is 129 Å². The third-order valence-corrected chi connectivity index (χ3v) is 4.70. The molecule has 2 aliphatic rings. The van der Waals surface area contributed by atoms with Gasteiger partial charge in [-0.15, -0.1) is 0 Å². The number of carbonyl (C=O) groups is 1. The zero-order chi connectivity index (χ0) is 14.9. The highest BCUT2D eigenvalue weighted by molar-refractivity contribution is 6.31. The highest BCUT2D eigenvalue weighted by Crippen LogP contribution is 2.40. The molecule has 1 aliphatic heterocycles. The number of anilines is 1. The van der Waals surface area contributed by atoms with Crippen LogP contribution in [0.5, 0.6) is 0 Å². The van der Waals surface area contributed by atoms with E-state index in [1.54, 1.807) is 18.2 Å². The molecule has 1 aromatic rings. The average molecular weight is 310 g/mol. The Balaban J connectivity index is 1.67. The summed E-state index contributed by atoms with van der Waals surface area (Å²) in [6.07, 6.45) is 6.01. The van der Waals surface area contributed by atoms with Gasteiger partial charge in [-0.3, -0.25) is 0 Å². The lowest BCUT2D eigenvalue weighted by Gasteiger charge is -2.37. The van der Waals surface area contributed by atoms with Crippen molar-refractivity contribution in [2.75, 3.05) is 12.3 Å². The number of esters is 1. The van der Waals surface area contributed by atoms with Crippen molar-refractivity contribution in [1.82, 2.24) is 0 Å². The number of nitrogens with two attached hydrogens (primary N) is 1. The van der Waals surface area contributed by atoms with Crippen LogP contribution in [0.1, 0.15) is 48.9 Å². The molecule has 4 nitrogen and oxygen atoms in total. The molecular weight excluding hydrogens is 290 g/mol. The zero-order valence-electron chi connectivity index (χ0n) is 11.9. The van der Waals surface area contributed by atoms with Gasteiger partial charge >= 0.3 is 5.97 Å². The Morgan fingerprint density at radius 2 is 2.14 bits per heavy atom. The smallest absolute Gasteiger partial charge is 0.340 e. The quantitative estimate of drug-likeness (QED) is 0.670. The SMILES string of the molecule is Nc1cc(Cl)ccc1C(=O)OC1CCOC2(CCCC2)C1. The van der Waals surface area contributed by atoms with E-state index in [1.807, 2.05) is 0 Å². The predicted octanol–water partition coefficient (Wildman–Crippen LogP) is 3.57. The van der Waals surface area contributed by atoms with E-state index in [2.05, 4.69) is 0 Å². The molecule has 1 saturated heterocycles. The monoisotopic (exact) mass is 309 g/mol. The van der Waals surface area contributed by atoms with Gasteiger partial charge in [-0.1, -0.05) is 24.4 Å². The van der Waals surface area contributed by atoms with Crippen molar-refractivity contribution in [3.63, 3.8) is 0 Å². The number of benzene rings is 1. The molecule has 21 heavy (non-hydrogen) atoms. The molecule has 1 atom stereocenters. The molecule has 1 aliphatic carbocycles. The Morgan fingerprint density at radius 3 is 2.86 bits per heavy atom. The topological polar surface area (TPSA) is 61.6 Å². The summed E-state index contributed by atoms with van der Waals surface area (Å²) in [5.74, 6) is -0.371. The summed E-state index contributed by atoms with van der Waals surface area (Å²) in [6.45, 7) is 0.661. The van der Waals surface area contributed by atoms with Crippen molar-refractivity contribution < 1.29 is 14.3 Å². The predicted molar refractivity (Wildman–Crippen MR) is 81.5 cm³/mol. The molecule has 1 saturated carbocycles. The normalized spacial score (nSPS) is 24.1. The minimum Gasteiger partial charge on any atom is -0.459 e. The van der Waals surface area contributed by atoms with Crippen LogP contribution in [0.25, 0.3) is 0 Å². The van der Waals surface area contributed by atoms with Crippen molar-refractivity contribution in [3.8, 4) is 0 Å². The fourth-order valence-electron chi connectivity index (χ4n) is 3.39. The summed E-state index contributed by atoms with van der Waals surface area (Å²) in [4.78, 5) is 12.3. The summed E-state index contributed by atoms with van der Waals surface area (Å²) in [5.41, 5.74) is 6.51. The van der Waals surface area contributed by atoms with Crippen molar-refractivity contribution >= 4 is 23.3 Å². The maximum atomic E-state index is 12.3. The maximum absolute atomic E-state index is 12.3. The van der Waals surface area contributed by atoms with Gasteiger partial charge in [0.05, 0.1) is 17.8 Å². The molecule has 1 spiro atoms. The van der Waals surface area contributed by atoms with E-state index in [-0.39, 0.29) is 17.7 Å². The highest BCUT2D eigenvalue weighted by atomic mass is 35.5. The lowest BCUT2D eigenvalue weighted by atomic mass is 9.90. The molecule has 3 rings (SSSR count). The van der Waals surface area contributed by atoms with E-state index in [0.717, 1.165) is 25.7 Å². The van der Waals surface area contributed by atoms with E-state index in [9.17, 15) is 4.79 Å². The summed E-state index contributed by atoms with van der Waals surface area (Å²) in [7, 11) is 0. The molecular formula is C16H20ClNO3. The zero-order valence-corrected chi connectivity index (χ0v) is 12.7. The van der Waals surface area contributed by atoms with Gasteiger partial charge in [0.1, 0.15) is 6.10 Å². The summed E-state index contributed by atoms with van der Waals surface area (Å²) in [6, 6.07) is 4.84. The van der Waals surface area contributed by atoms with E-state index in [1.165, 1.54) is 12.8 Å². The Morgan fingerprint density at radius 1 is 1.38 bits per heavy atom. The highest BCUT2D eigenvalue weighted by Gasteiger charge is 2.41. The number of hydrogen-bond donors (Lipinski definition) is 1. The van der Waals surface area contributed by atoms with Gasteiger partial charge in [0.2, 0.25) is 0 Å². The van der Waals surface area contributed by atoms with Crippen LogP contribution in [-0.4, -0.2) is 24.3 Å². The Bertz CT molecular complexity index is 540. The van der Waals surface area contributed by atoms with Gasteiger partial charge in [0.15, 0.2) is 0 Å². The third kappa shape index (κ3) is 3.16. The molecule has 1 aromatic carbocycles. The Kier molecular flexibility index (Phi) is 4.09. The molecule has 0 amide bonds. The van der Waals surface area contributed by atoms with Crippen molar-refractivity contribution in [2.24, 2.45) is 0 Å². The first kappa shape index (κ1) is 14.7. The second-order valence-corrected chi connectivity index (χ2v) is 6.43. The van der Waals surface area contributed by atoms with Gasteiger partial charge in [0.25, 0.3) is 0 Å². The molecule has 2 fully saturated rings. The molecule has 1 heterocycles. The third-order valence-electron chi connectivity index (χ3n) is 4.47. The summed E-state index contributed by atoms with van der Waals surface area (Å²) < 4.78 is 11.6. The van der Waals surface area contributed by atoms with Gasteiger partial charge in [0, 0.05) is 23.6 Å². The minimum absolute atomic E-state index is 0.0608. The second-order valence-electron chi connectivity index (χ2n) is 5.99. The van der Waals surface area contributed by atoms with Crippen molar-refractivity contribution in [1.29, 1.82) is 0 Å². The lowest BCUT2D eigenvalue weighted by molar-refractivity contribution is -0.117. The van der Waals surface area contributed by atoms with Gasteiger partial charge in [-0.25, -0.2) is 4.79 Å². The molecule has 0 aromatic heterocycles. The largest absolute Gasteiger partial charge is 0.459 e. The second kappa shape index (κ2) is 5.85. The van der Waals surface area contributed by atoms with Crippen molar-refractivity contribution in [2.45, 2.75) is 50.2 Å². The van der Waals surface area contributed by atoms with Crippen LogP contribution in [0.4, 0.5) is 5.69 Å². The Hall–Kier alpha value is -1.26. The van der Waals surface area contributed by atoms with E-state index in [4.69, 9.17) is 26.8 Å². The first-order valence-electron chi connectivity index (χ1n) is 7.48. The first-order valence-corrected chi connectivity index (χ1v) is 7.86. The number of hydrogen-bond acceptors (Lipinski definition) is 4. The molecule has 1 unspecified atom stereocenters. The van der Waals surface area contributed by atoms with Gasteiger partial charge in [-0.05, 0) is 31.0 Å². The van der Waals surface area contributed by atoms with Gasteiger partial charge in [-0.2, -0.15) is 0 Å². The minimum atomic E-state index is -0.371. The van der Waals surface area contributed by atoms with Crippen LogP contribution < -0.4 is 5.73 Å². The van der Waals surface area contributed by atoms with Gasteiger partial charge < -0.3 is 15.2 Å². The maximum Gasteiger partial charge on any atom is 0.340 e. The summed E-state index contributed by atoms with van der Waals surface area (Å²) in [5, 5.41) is 0.514. The molecule has 0 bridgehead atoms. The van der Waals surface area contributed by atoms with E-state index < -0.39 is 0 Å². The number of rotatable bonds is 2. The van der Waals surface area contributed by atoms with Crippen molar-refractivity contribution in [3.05, 3.63) is 28.8 Å². The van der Waals surface area contributed by atoms with E-state index >= 15 is 0 Å². The van der Waals surface area contributed by atoms with Crippen LogP contribution in [0.3, 0.4) is 0 Å². The molecule has 2 N–H and O–H groups in total. The number of carbonyl (C=O) groups excluding carboxylic acids is 1. The lowest BCUT2D eigenvalue weighted by Crippen LogP contribution is -2.41. The summed E-state index contributed by atoms with van der Waals surface area (Å²) >= 11 is 5.85. The molecule has 114 valence electrons. The first-order chi connectivity index (χ1) is 10.1. The number of halogens is 1. The molecule has 0 radical (unpaired) electrons. The number of nitrogen functional groups attached to an aromatic ring is 1.